The van der Waals surface area contributed by atoms with Crippen LogP contribution in [-0.2, 0) is 10.0 Å². The third-order valence-corrected chi connectivity index (χ3v) is 6.27. The molecule has 3 N–H and O–H groups in total. The van der Waals surface area contributed by atoms with Crippen molar-refractivity contribution in [2.75, 3.05) is 7.11 Å². The van der Waals surface area contributed by atoms with E-state index in [4.69, 9.17) is 4.74 Å². The second-order valence-electron chi connectivity index (χ2n) is 8.30. The number of nitrogens with zero attached hydrogens (tertiary/aromatic N) is 2. The molecular weight excluding hydrogens is 406 g/mol. The zero-order valence-corrected chi connectivity index (χ0v) is 19.3. The number of amides is 1. The molecule has 1 amide bonds. The minimum absolute atomic E-state index is 0.0982. The molecule has 1 heterocycles. The van der Waals surface area contributed by atoms with Crippen molar-refractivity contribution >= 4 is 15.9 Å². The first-order chi connectivity index (χ1) is 13.9. The van der Waals surface area contributed by atoms with Gasteiger partial charge in [0.25, 0.3) is 5.91 Å². The number of hydrogen-bond donors (Lipinski definition) is 3. The monoisotopic (exact) mass is 437 g/mol. The average molecular weight is 438 g/mol. The van der Waals surface area contributed by atoms with Crippen LogP contribution in [0.2, 0.25) is 0 Å². The van der Waals surface area contributed by atoms with Gasteiger partial charge >= 0.3 is 0 Å². The van der Waals surface area contributed by atoms with Gasteiger partial charge in [0, 0.05) is 17.0 Å². The van der Waals surface area contributed by atoms with Crippen LogP contribution in [0.25, 0.3) is 0 Å². The molecule has 0 spiro atoms. The van der Waals surface area contributed by atoms with E-state index in [9.17, 15) is 13.2 Å². The minimum Gasteiger partial charge on any atom is -0.495 e. The molecule has 1 aromatic heterocycles. The van der Waals surface area contributed by atoms with E-state index in [2.05, 4.69) is 32.1 Å². The van der Waals surface area contributed by atoms with Crippen LogP contribution in [0.1, 0.15) is 81.9 Å². The van der Waals surface area contributed by atoms with E-state index < -0.39 is 27.5 Å². The third-order valence-electron chi connectivity index (χ3n) is 4.49. The van der Waals surface area contributed by atoms with Crippen LogP contribution in [0.3, 0.4) is 0 Å². The van der Waals surface area contributed by atoms with Crippen molar-refractivity contribution in [1.29, 1.82) is 0 Å². The van der Waals surface area contributed by atoms with Gasteiger partial charge in [0.2, 0.25) is 10.0 Å². The predicted octanol–water partition coefficient (Wildman–Crippen LogP) is 2.89. The van der Waals surface area contributed by atoms with Gasteiger partial charge in [-0.05, 0) is 52.3 Å². The summed E-state index contributed by atoms with van der Waals surface area (Å²) in [6, 6.07) is 3.85. The van der Waals surface area contributed by atoms with Crippen molar-refractivity contribution < 1.29 is 17.9 Å². The number of carbonyl (C=O) groups excluding carboxylic acids is 1. The molecule has 2 unspecified atom stereocenters. The van der Waals surface area contributed by atoms with Gasteiger partial charge in [0.1, 0.15) is 16.5 Å². The van der Waals surface area contributed by atoms with Crippen LogP contribution in [-0.4, -0.2) is 42.2 Å². The largest absolute Gasteiger partial charge is 0.495 e. The molecule has 0 fully saturated rings. The van der Waals surface area contributed by atoms with Gasteiger partial charge in [-0.2, -0.15) is 5.10 Å². The van der Waals surface area contributed by atoms with Crippen molar-refractivity contribution in [1.82, 2.24) is 25.2 Å². The molecule has 0 aliphatic carbocycles. The van der Waals surface area contributed by atoms with E-state index in [0.29, 0.717) is 11.6 Å². The number of aromatic amines is 1. The summed E-state index contributed by atoms with van der Waals surface area (Å²) in [7, 11) is -2.51. The number of benzene rings is 1. The van der Waals surface area contributed by atoms with Gasteiger partial charge < -0.3 is 10.1 Å². The summed E-state index contributed by atoms with van der Waals surface area (Å²) in [5.41, 5.74) is -0.491. The zero-order chi connectivity index (χ0) is 22.7. The van der Waals surface area contributed by atoms with E-state index >= 15 is 0 Å². The predicted molar refractivity (Wildman–Crippen MR) is 114 cm³/mol. The molecule has 0 aliphatic heterocycles. The average Bonchev–Trinajstić information content (AvgIpc) is 3.15. The first-order valence-corrected chi connectivity index (χ1v) is 11.3. The number of rotatable bonds is 8. The third kappa shape index (κ3) is 5.79. The Labute approximate surface area is 178 Å². The Morgan fingerprint density at radius 1 is 1.27 bits per heavy atom. The van der Waals surface area contributed by atoms with Crippen LogP contribution < -0.4 is 14.8 Å². The summed E-state index contributed by atoms with van der Waals surface area (Å²) < 4.78 is 33.4. The summed E-state index contributed by atoms with van der Waals surface area (Å²) in [5.74, 6) is 1.17. The Balaban J connectivity index is 2.27. The molecule has 30 heavy (non-hydrogen) atoms. The smallest absolute Gasteiger partial charge is 0.251 e. The molecule has 0 saturated heterocycles. The number of carbonyl (C=O) groups is 1. The number of H-pyrrole nitrogens is 1. The molecule has 2 rings (SSSR count). The molecule has 0 bridgehead atoms. The molecule has 2 atom stereocenters. The molecule has 0 radical (unpaired) electrons. The normalized spacial score (nSPS) is 14.2. The van der Waals surface area contributed by atoms with Gasteiger partial charge in [-0.1, -0.05) is 13.8 Å². The van der Waals surface area contributed by atoms with Gasteiger partial charge in [0.15, 0.2) is 5.82 Å². The fourth-order valence-electron chi connectivity index (χ4n) is 2.72. The lowest BCUT2D eigenvalue weighted by Crippen LogP contribution is -2.40. The number of hydrogen-bond acceptors (Lipinski definition) is 6. The highest BCUT2D eigenvalue weighted by atomic mass is 32.2. The van der Waals surface area contributed by atoms with E-state index in [1.165, 1.54) is 25.3 Å². The highest BCUT2D eigenvalue weighted by Gasteiger charge is 2.27. The minimum atomic E-state index is -3.89. The van der Waals surface area contributed by atoms with Gasteiger partial charge in [-0.15, -0.1) is 0 Å². The molecule has 9 nitrogen and oxygen atoms in total. The maximum absolute atomic E-state index is 12.8. The first-order valence-electron chi connectivity index (χ1n) is 9.83. The van der Waals surface area contributed by atoms with Gasteiger partial charge in [-0.25, -0.2) is 18.1 Å². The lowest BCUT2D eigenvalue weighted by Gasteiger charge is -2.21. The Kier molecular flexibility index (Phi) is 7.25. The van der Waals surface area contributed by atoms with E-state index in [0.717, 1.165) is 6.42 Å². The van der Waals surface area contributed by atoms with Crippen LogP contribution in [0.4, 0.5) is 0 Å². The van der Waals surface area contributed by atoms with Gasteiger partial charge in [0.05, 0.1) is 13.2 Å². The van der Waals surface area contributed by atoms with Crippen molar-refractivity contribution in [3.63, 3.8) is 0 Å². The second kappa shape index (κ2) is 9.13. The standard InChI is InChI=1S/C20H31N5O4S/c1-8-12(2)17-22-18(24-23-17)13(3)21-19(26)14-9-10-15(29-7)16(11-14)30(27,28)25-20(4,5)6/h9-13,25H,8H2,1-7H3,(H,21,26)(H,22,23,24). The number of sulfonamides is 1. The van der Waals surface area contributed by atoms with Crippen molar-refractivity contribution in [3.05, 3.63) is 35.4 Å². The fraction of sp³-hybridized carbons (Fsp3) is 0.550. The van der Waals surface area contributed by atoms with Crippen LogP contribution in [0, 0.1) is 0 Å². The Morgan fingerprint density at radius 2 is 1.93 bits per heavy atom. The zero-order valence-electron chi connectivity index (χ0n) is 18.5. The molecule has 1 aromatic carbocycles. The molecule has 10 heteroatoms. The highest BCUT2D eigenvalue weighted by molar-refractivity contribution is 7.89. The van der Waals surface area contributed by atoms with Crippen molar-refractivity contribution in [3.8, 4) is 5.75 Å². The van der Waals surface area contributed by atoms with Crippen LogP contribution in [0.15, 0.2) is 23.1 Å². The van der Waals surface area contributed by atoms with Crippen molar-refractivity contribution in [2.45, 2.75) is 70.4 Å². The van der Waals surface area contributed by atoms with Gasteiger partial charge in [-0.3, -0.25) is 9.89 Å². The summed E-state index contributed by atoms with van der Waals surface area (Å²) in [6.45, 7) is 11.1. The van der Waals surface area contributed by atoms with E-state index in [-0.39, 0.29) is 22.1 Å². The molecule has 166 valence electrons. The number of ether oxygens (including phenoxy) is 1. The summed E-state index contributed by atoms with van der Waals surface area (Å²) in [4.78, 5) is 17.1. The second-order valence-corrected chi connectivity index (χ2v) is 9.96. The van der Waals surface area contributed by atoms with Crippen LogP contribution in [0.5, 0.6) is 5.75 Å². The Bertz CT molecular complexity index is 995. The molecule has 2 aromatic rings. The van der Waals surface area contributed by atoms with E-state index in [1.54, 1.807) is 27.7 Å². The first kappa shape index (κ1) is 23.8. The maximum Gasteiger partial charge on any atom is 0.251 e. The molecule has 0 saturated carbocycles. The fourth-order valence-corrected chi connectivity index (χ4v) is 4.33. The number of nitrogens with one attached hydrogen (secondary N) is 3. The van der Waals surface area contributed by atoms with Crippen LogP contribution >= 0.6 is 0 Å². The lowest BCUT2D eigenvalue weighted by atomic mass is 10.1. The molecular formula is C20H31N5O4S. The van der Waals surface area contributed by atoms with Crippen molar-refractivity contribution in [2.24, 2.45) is 0 Å². The summed E-state index contributed by atoms with van der Waals surface area (Å²) in [6.07, 6.45) is 0.906. The molecule has 0 aliphatic rings. The quantitative estimate of drug-likeness (QED) is 0.583. The van der Waals surface area contributed by atoms with E-state index in [1.807, 2.05) is 6.92 Å². The highest BCUT2D eigenvalue weighted by Crippen LogP contribution is 2.26. The SMILES string of the molecule is CCC(C)c1n[nH]c(C(C)NC(=O)c2ccc(OC)c(S(=O)(=O)NC(C)(C)C)c2)n1. The lowest BCUT2D eigenvalue weighted by molar-refractivity contribution is 0.0938. The number of aromatic nitrogens is 3. The topological polar surface area (TPSA) is 126 Å². The number of methoxy groups -OCH3 is 1. The summed E-state index contributed by atoms with van der Waals surface area (Å²) in [5, 5.41) is 9.87. The Morgan fingerprint density at radius 3 is 2.50 bits per heavy atom. The maximum atomic E-state index is 12.8. The summed E-state index contributed by atoms with van der Waals surface area (Å²) >= 11 is 0. The Hall–Kier alpha value is -2.46.